The van der Waals surface area contributed by atoms with Gasteiger partial charge in [-0.2, -0.15) is 9.78 Å². The second-order valence-corrected chi connectivity index (χ2v) is 7.21. The molecule has 0 radical (unpaired) electrons. The molecule has 2 aromatic heterocycles. The predicted octanol–water partition coefficient (Wildman–Crippen LogP) is 2.31. The minimum Gasteiger partial charge on any atom is -0.496 e. The van der Waals surface area contributed by atoms with Gasteiger partial charge in [0.15, 0.2) is 0 Å². The number of tetrazole rings is 1. The number of carbonyl (C=O) groups is 1. The van der Waals surface area contributed by atoms with Crippen LogP contribution < -0.4 is 4.74 Å². The summed E-state index contributed by atoms with van der Waals surface area (Å²) < 4.78 is 8.83. The van der Waals surface area contributed by atoms with E-state index < -0.39 is 0 Å². The van der Waals surface area contributed by atoms with Crippen LogP contribution in [0.25, 0.3) is 5.69 Å². The van der Waals surface area contributed by atoms with Crippen LogP contribution in [0.3, 0.4) is 0 Å². The summed E-state index contributed by atoms with van der Waals surface area (Å²) in [5.74, 6) is 0.313. The molecule has 146 valence electrons. The SMILES string of the molecule is COc1cc(-n2cnnn2)c(Cl)cc1C(=O)N1CCCC(n2cc(C)cn2)C1. The normalized spacial score (nSPS) is 17.0. The van der Waals surface area contributed by atoms with Gasteiger partial charge in [-0.15, -0.1) is 5.10 Å². The molecule has 0 bridgehead atoms. The van der Waals surface area contributed by atoms with E-state index in [9.17, 15) is 4.79 Å². The van der Waals surface area contributed by atoms with Crippen LogP contribution in [-0.2, 0) is 0 Å². The highest BCUT2D eigenvalue weighted by Crippen LogP contribution is 2.31. The van der Waals surface area contributed by atoms with Gasteiger partial charge in [-0.1, -0.05) is 11.6 Å². The molecule has 1 aliphatic heterocycles. The lowest BCUT2D eigenvalue weighted by molar-refractivity contribution is 0.0669. The van der Waals surface area contributed by atoms with Crippen molar-refractivity contribution in [2.45, 2.75) is 25.8 Å². The Hall–Kier alpha value is -2.94. The number of carbonyl (C=O) groups excluding carboxylic acids is 1. The highest BCUT2D eigenvalue weighted by Gasteiger charge is 2.28. The van der Waals surface area contributed by atoms with Crippen molar-refractivity contribution in [3.63, 3.8) is 0 Å². The second-order valence-electron chi connectivity index (χ2n) is 6.80. The Morgan fingerprint density at radius 1 is 1.36 bits per heavy atom. The van der Waals surface area contributed by atoms with Gasteiger partial charge in [0.25, 0.3) is 5.91 Å². The highest BCUT2D eigenvalue weighted by atomic mass is 35.5. The van der Waals surface area contributed by atoms with Crippen LogP contribution in [-0.4, -0.2) is 61.0 Å². The first-order chi connectivity index (χ1) is 13.6. The van der Waals surface area contributed by atoms with Gasteiger partial charge >= 0.3 is 0 Å². The molecule has 0 spiro atoms. The third-order valence-electron chi connectivity index (χ3n) is 4.88. The van der Waals surface area contributed by atoms with E-state index in [4.69, 9.17) is 16.3 Å². The molecule has 0 aliphatic carbocycles. The quantitative estimate of drug-likeness (QED) is 0.666. The first-order valence-electron chi connectivity index (χ1n) is 8.97. The van der Waals surface area contributed by atoms with E-state index in [0.29, 0.717) is 35.1 Å². The summed E-state index contributed by atoms with van der Waals surface area (Å²) in [7, 11) is 1.52. The van der Waals surface area contributed by atoms with Crippen LogP contribution in [0.5, 0.6) is 5.75 Å². The summed E-state index contributed by atoms with van der Waals surface area (Å²) in [6, 6.07) is 3.44. The van der Waals surface area contributed by atoms with Crippen LogP contribution in [0.15, 0.2) is 30.9 Å². The Balaban J connectivity index is 1.61. The number of likely N-dealkylation sites (tertiary alicyclic amines) is 1. The summed E-state index contributed by atoms with van der Waals surface area (Å²) in [6.07, 6.45) is 7.18. The topological polar surface area (TPSA) is 91.0 Å². The maximum atomic E-state index is 13.2. The average Bonchev–Trinajstić information content (AvgIpc) is 3.39. The summed E-state index contributed by atoms with van der Waals surface area (Å²) >= 11 is 6.40. The van der Waals surface area contributed by atoms with Crippen LogP contribution in [0.1, 0.15) is 34.8 Å². The summed E-state index contributed by atoms with van der Waals surface area (Å²) in [5.41, 5.74) is 2.07. The number of rotatable bonds is 4. The summed E-state index contributed by atoms with van der Waals surface area (Å²) in [6.45, 7) is 3.29. The smallest absolute Gasteiger partial charge is 0.257 e. The molecule has 1 unspecified atom stereocenters. The average molecular weight is 402 g/mol. The number of amides is 1. The molecule has 1 fully saturated rings. The Labute approximate surface area is 166 Å². The lowest BCUT2D eigenvalue weighted by Crippen LogP contribution is -2.41. The van der Waals surface area contributed by atoms with E-state index >= 15 is 0 Å². The molecule has 1 atom stereocenters. The maximum absolute atomic E-state index is 13.2. The first-order valence-corrected chi connectivity index (χ1v) is 9.35. The van der Waals surface area contributed by atoms with Crippen LogP contribution in [0.2, 0.25) is 5.02 Å². The highest BCUT2D eigenvalue weighted by molar-refractivity contribution is 6.33. The number of hydrogen-bond donors (Lipinski definition) is 0. The van der Waals surface area contributed by atoms with Crippen molar-refractivity contribution in [2.24, 2.45) is 0 Å². The van der Waals surface area contributed by atoms with E-state index in [-0.39, 0.29) is 11.9 Å². The van der Waals surface area contributed by atoms with Gasteiger partial charge in [0.2, 0.25) is 0 Å². The van der Waals surface area contributed by atoms with Gasteiger partial charge in [-0.3, -0.25) is 9.48 Å². The molecule has 0 N–H and O–H groups in total. The van der Waals surface area contributed by atoms with Crippen molar-refractivity contribution in [3.8, 4) is 11.4 Å². The number of ether oxygens (including phenoxy) is 1. The monoisotopic (exact) mass is 401 g/mol. The predicted molar refractivity (Wildman–Crippen MR) is 102 cm³/mol. The molecule has 0 saturated carbocycles. The zero-order valence-electron chi connectivity index (χ0n) is 15.6. The standard InChI is InChI=1S/C18H20ClN7O2/c1-12-8-21-25(9-12)13-4-3-5-24(10-13)18(27)14-6-15(19)16(7-17(14)28-2)26-11-20-22-23-26/h6-9,11,13H,3-5,10H2,1-2H3. The van der Waals surface area contributed by atoms with Crippen LogP contribution in [0.4, 0.5) is 0 Å². The summed E-state index contributed by atoms with van der Waals surface area (Å²) in [4.78, 5) is 15.1. The molecule has 1 aromatic carbocycles. The zero-order valence-corrected chi connectivity index (χ0v) is 16.4. The molecule has 3 heterocycles. The number of hydrogen-bond acceptors (Lipinski definition) is 6. The van der Waals surface area contributed by atoms with E-state index in [2.05, 4.69) is 20.6 Å². The largest absolute Gasteiger partial charge is 0.496 e. The van der Waals surface area contributed by atoms with Crippen LogP contribution in [0, 0.1) is 6.92 Å². The van der Waals surface area contributed by atoms with E-state index in [1.165, 1.54) is 18.1 Å². The maximum Gasteiger partial charge on any atom is 0.257 e. The van der Waals surface area contributed by atoms with Crippen LogP contribution >= 0.6 is 11.6 Å². The Bertz CT molecular complexity index is 986. The fraction of sp³-hybridized carbons (Fsp3) is 0.389. The van der Waals surface area contributed by atoms with Crippen molar-refractivity contribution in [3.05, 3.63) is 47.0 Å². The molecule has 4 rings (SSSR count). The molecular formula is C18H20ClN7O2. The first kappa shape index (κ1) is 18.4. The molecule has 1 saturated heterocycles. The van der Waals surface area contributed by atoms with Gasteiger partial charge in [-0.05, 0) is 41.8 Å². The number of methoxy groups -OCH3 is 1. The van der Waals surface area contributed by atoms with Gasteiger partial charge in [0.1, 0.15) is 12.1 Å². The number of benzene rings is 1. The number of aryl methyl sites for hydroxylation is 1. The zero-order chi connectivity index (χ0) is 19.7. The minimum absolute atomic E-state index is 0.115. The lowest BCUT2D eigenvalue weighted by Gasteiger charge is -2.33. The van der Waals surface area contributed by atoms with Crippen molar-refractivity contribution < 1.29 is 9.53 Å². The van der Waals surface area contributed by atoms with Gasteiger partial charge in [0, 0.05) is 25.4 Å². The molecule has 3 aromatic rings. The third kappa shape index (κ3) is 3.45. The lowest BCUT2D eigenvalue weighted by atomic mass is 10.0. The number of aromatic nitrogens is 6. The van der Waals surface area contributed by atoms with E-state index in [0.717, 1.165) is 18.4 Å². The van der Waals surface area contributed by atoms with E-state index in [1.807, 2.05) is 28.9 Å². The van der Waals surface area contributed by atoms with Crippen molar-refractivity contribution in [2.75, 3.05) is 20.2 Å². The minimum atomic E-state index is -0.115. The molecule has 28 heavy (non-hydrogen) atoms. The molecular weight excluding hydrogens is 382 g/mol. The molecule has 1 amide bonds. The van der Waals surface area contributed by atoms with Crippen molar-refractivity contribution in [1.82, 2.24) is 34.9 Å². The molecule has 10 heteroatoms. The fourth-order valence-corrected chi connectivity index (χ4v) is 3.73. The number of halogens is 1. The fourth-order valence-electron chi connectivity index (χ4n) is 3.48. The third-order valence-corrected chi connectivity index (χ3v) is 5.19. The van der Waals surface area contributed by atoms with Crippen molar-refractivity contribution in [1.29, 1.82) is 0 Å². The summed E-state index contributed by atoms with van der Waals surface area (Å²) in [5, 5.41) is 15.8. The number of nitrogens with zero attached hydrogens (tertiary/aromatic N) is 7. The Kier molecular flexibility index (Phi) is 4.99. The molecule has 1 aliphatic rings. The number of piperidine rings is 1. The Morgan fingerprint density at radius 3 is 2.89 bits per heavy atom. The van der Waals surface area contributed by atoms with Gasteiger partial charge in [0.05, 0.1) is 35.6 Å². The van der Waals surface area contributed by atoms with Gasteiger partial charge < -0.3 is 9.64 Å². The van der Waals surface area contributed by atoms with Crippen molar-refractivity contribution >= 4 is 17.5 Å². The van der Waals surface area contributed by atoms with Gasteiger partial charge in [-0.25, -0.2) is 0 Å². The van der Waals surface area contributed by atoms with E-state index in [1.54, 1.807) is 12.1 Å². The molecule has 9 nitrogen and oxygen atoms in total. The second kappa shape index (κ2) is 7.59. The Morgan fingerprint density at radius 2 is 2.21 bits per heavy atom.